The number of esters is 1. The van der Waals surface area contributed by atoms with Crippen molar-refractivity contribution in [2.24, 2.45) is 5.92 Å². The van der Waals surface area contributed by atoms with Crippen molar-refractivity contribution >= 4 is 39.3 Å². The molecule has 0 amide bonds. The molecule has 1 unspecified atom stereocenters. The Hall–Kier alpha value is -1.66. The molecule has 1 N–H and O–H groups in total. The molecule has 2 aromatic rings. The second-order valence-electron chi connectivity index (χ2n) is 5.34. The number of nitrogens with zero attached hydrogens (tertiary/aromatic N) is 2. The average Bonchev–Trinajstić information content (AvgIpc) is 2.60. The summed E-state index contributed by atoms with van der Waals surface area (Å²) in [5.74, 6) is 0.562. The molecule has 2 rings (SSSR count). The number of carbonyl (C=O) groups is 1. The molecule has 1 atom stereocenters. The predicted molar refractivity (Wildman–Crippen MR) is 97.9 cm³/mol. The molecular weight excluding hydrogens is 394 g/mol. The largest absolute Gasteiger partial charge is 0.461 e. The number of halogens is 2. The maximum atomic E-state index is 12.0. The highest BCUT2D eigenvalue weighted by molar-refractivity contribution is 9.10. The Bertz CT molecular complexity index is 670. The first kappa shape index (κ1) is 18.7. The second kappa shape index (κ2) is 9.59. The molecule has 0 spiro atoms. The van der Waals surface area contributed by atoms with E-state index >= 15 is 0 Å². The summed E-state index contributed by atoms with van der Waals surface area (Å²) in [6, 6.07) is 9.64. The third-order valence-corrected chi connectivity index (χ3v) is 4.31. The van der Waals surface area contributed by atoms with E-state index in [1.165, 1.54) is 0 Å². The third-order valence-electron chi connectivity index (χ3n) is 3.55. The molecule has 0 saturated heterocycles. The van der Waals surface area contributed by atoms with Crippen molar-refractivity contribution in [2.45, 2.75) is 26.4 Å². The zero-order valence-electron chi connectivity index (χ0n) is 13.3. The summed E-state index contributed by atoms with van der Waals surface area (Å²) >= 11 is 9.16. The highest BCUT2D eigenvalue weighted by Gasteiger charge is 2.14. The zero-order chi connectivity index (χ0) is 17.4. The molecule has 1 heterocycles. The molecule has 0 aliphatic rings. The molecule has 128 valence electrons. The van der Waals surface area contributed by atoms with E-state index in [1.807, 2.05) is 37.3 Å². The van der Waals surface area contributed by atoms with Crippen LogP contribution < -0.4 is 5.32 Å². The van der Waals surface area contributed by atoms with E-state index in [4.69, 9.17) is 16.3 Å². The molecule has 7 heteroatoms. The van der Waals surface area contributed by atoms with Gasteiger partial charge in [0.2, 0.25) is 5.28 Å². The van der Waals surface area contributed by atoms with E-state index in [0.717, 1.165) is 16.5 Å². The summed E-state index contributed by atoms with van der Waals surface area (Å²) in [6.07, 6.45) is 2.80. The maximum absolute atomic E-state index is 12.0. The lowest BCUT2D eigenvalue weighted by Gasteiger charge is -2.16. The lowest BCUT2D eigenvalue weighted by molar-refractivity contribution is -0.146. The summed E-state index contributed by atoms with van der Waals surface area (Å²) in [7, 11) is 0. The fourth-order valence-corrected chi connectivity index (χ4v) is 2.57. The van der Waals surface area contributed by atoms with Crippen molar-refractivity contribution in [3.8, 4) is 0 Å². The van der Waals surface area contributed by atoms with Crippen LogP contribution in [0.25, 0.3) is 0 Å². The van der Waals surface area contributed by atoms with Gasteiger partial charge in [-0.05, 0) is 39.0 Å². The number of hydrogen-bond acceptors (Lipinski definition) is 5. The molecule has 1 aromatic carbocycles. The Morgan fingerprint density at radius 1 is 1.38 bits per heavy atom. The molecule has 1 aromatic heterocycles. The lowest BCUT2D eigenvalue weighted by atomic mass is 10.0. The van der Waals surface area contributed by atoms with Gasteiger partial charge in [0.1, 0.15) is 12.4 Å². The van der Waals surface area contributed by atoms with E-state index in [1.54, 1.807) is 6.20 Å². The number of rotatable bonds is 8. The molecule has 0 radical (unpaired) electrons. The van der Waals surface area contributed by atoms with Gasteiger partial charge in [-0.3, -0.25) is 4.79 Å². The minimum Gasteiger partial charge on any atom is -0.461 e. The smallest absolute Gasteiger partial charge is 0.306 e. The average molecular weight is 413 g/mol. The van der Waals surface area contributed by atoms with Crippen LogP contribution in [-0.4, -0.2) is 22.5 Å². The van der Waals surface area contributed by atoms with Crippen LogP contribution in [0, 0.1) is 5.92 Å². The highest BCUT2D eigenvalue weighted by Crippen LogP contribution is 2.21. The number of hydrogen-bond donors (Lipinski definition) is 1. The van der Waals surface area contributed by atoms with Crippen LogP contribution in [0.1, 0.15) is 25.3 Å². The van der Waals surface area contributed by atoms with Crippen LogP contribution in [0.3, 0.4) is 0 Å². The van der Waals surface area contributed by atoms with Crippen molar-refractivity contribution in [1.82, 2.24) is 9.97 Å². The van der Waals surface area contributed by atoms with Gasteiger partial charge < -0.3 is 10.1 Å². The van der Waals surface area contributed by atoms with Crippen molar-refractivity contribution < 1.29 is 9.53 Å². The summed E-state index contributed by atoms with van der Waals surface area (Å²) < 4.78 is 6.06. The van der Waals surface area contributed by atoms with E-state index in [-0.39, 0.29) is 17.2 Å². The van der Waals surface area contributed by atoms with Crippen LogP contribution >= 0.6 is 27.5 Å². The Kier molecular flexibility index (Phi) is 7.46. The first-order valence-electron chi connectivity index (χ1n) is 7.70. The molecule has 5 nitrogen and oxygen atoms in total. The monoisotopic (exact) mass is 411 g/mol. The SMILES string of the molecule is CCC(CNc1nc(Cl)ncc1Br)CC(=O)OCc1ccccc1. The number of carbonyl (C=O) groups excluding carboxylic acids is 1. The summed E-state index contributed by atoms with van der Waals surface area (Å²) in [5.41, 5.74) is 0.983. The Morgan fingerprint density at radius 2 is 2.12 bits per heavy atom. The predicted octanol–water partition coefficient (Wildman–Crippen LogP) is 4.46. The summed E-state index contributed by atoms with van der Waals surface area (Å²) in [5, 5.41) is 3.37. The van der Waals surface area contributed by atoms with Gasteiger partial charge >= 0.3 is 5.97 Å². The van der Waals surface area contributed by atoms with Gasteiger partial charge in [0.15, 0.2) is 0 Å². The Labute approximate surface area is 154 Å². The van der Waals surface area contributed by atoms with Crippen LogP contribution in [0.15, 0.2) is 41.0 Å². The van der Waals surface area contributed by atoms with Crippen LogP contribution in [-0.2, 0) is 16.1 Å². The molecule has 0 aliphatic heterocycles. The van der Waals surface area contributed by atoms with E-state index in [2.05, 4.69) is 31.2 Å². The normalized spacial score (nSPS) is 11.8. The molecular formula is C17H19BrClN3O2. The van der Waals surface area contributed by atoms with Crippen molar-refractivity contribution in [3.05, 3.63) is 51.8 Å². The summed E-state index contributed by atoms with van der Waals surface area (Å²) in [4.78, 5) is 20.0. The third kappa shape index (κ3) is 6.09. The second-order valence-corrected chi connectivity index (χ2v) is 6.53. The fraction of sp³-hybridized carbons (Fsp3) is 0.353. The first-order chi connectivity index (χ1) is 11.6. The molecule has 24 heavy (non-hydrogen) atoms. The highest BCUT2D eigenvalue weighted by atomic mass is 79.9. The van der Waals surface area contributed by atoms with Gasteiger partial charge in [-0.2, -0.15) is 4.98 Å². The minimum atomic E-state index is -0.202. The Balaban J connectivity index is 1.80. The number of anilines is 1. The molecule has 0 aliphatic carbocycles. The molecule has 0 fully saturated rings. The van der Waals surface area contributed by atoms with E-state index in [0.29, 0.717) is 25.4 Å². The van der Waals surface area contributed by atoms with Crippen LogP contribution in [0.5, 0.6) is 0 Å². The minimum absolute atomic E-state index is 0.147. The van der Waals surface area contributed by atoms with Crippen molar-refractivity contribution in [1.29, 1.82) is 0 Å². The molecule has 0 bridgehead atoms. The van der Waals surface area contributed by atoms with Gasteiger partial charge in [-0.25, -0.2) is 4.98 Å². The van der Waals surface area contributed by atoms with Gasteiger partial charge in [0, 0.05) is 12.7 Å². The fourth-order valence-electron chi connectivity index (χ4n) is 2.10. The van der Waals surface area contributed by atoms with Gasteiger partial charge in [-0.1, -0.05) is 43.7 Å². The molecule has 0 saturated carbocycles. The standard InChI is InChI=1S/C17H19BrClN3O2/c1-2-12(9-20-16-14(18)10-21-17(19)22-16)8-15(23)24-11-13-6-4-3-5-7-13/h3-7,10,12H,2,8-9,11H2,1H3,(H,20,21,22). The van der Waals surface area contributed by atoms with Gasteiger partial charge in [0.05, 0.1) is 10.9 Å². The lowest BCUT2D eigenvalue weighted by Crippen LogP contribution is -2.19. The zero-order valence-corrected chi connectivity index (χ0v) is 15.7. The topological polar surface area (TPSA) is 64.1 Å². The van der Waals surface area contributed by atoms with E-state index in [9.17, 15) is 4.79 Å². The number of aromatic nitrogens is 2. The van der Waals surface area contributed by atoms with Crippen LogP contribution in [0.4, 0.5) is 5.82 Å². The van der Waals surface area contributed by atoms with Crippen molar-refractivity contribution in [3.63, 3.8) is 0 Å². The summed E-state index contributed by atoms with van der Waals surface area (Å²) in [6.45, 7) is 2.94. The Morgan fingerprint density at radius 3 is 2.83 bits per heavy atom. The number of ether oxygens (including phenoxy) is 1. The van der Waals surface area contributed by atoms with Crippen LogP contribution in [0.2, 0.25) is 5.28 Å². The number of benzene rings is 1. The van der Waals surface area contributed by atoms with E-state index < -0.39 is 0 Å². The number of nitrogens with one attached hydrogen (secondary N) is 1. The van der Waals surface area contributed by atoms with Crippen molar-refractivity contribution in [2.75, 3.05) is 11.9 Å². The maximum Gasteiger partial charge on any atom is 0.306 e. The first-order valence-corrected chi connectivity index (χ1v) is 8.87. The van der Waals surface area contributed by atoms with Gasteiger partial charge in [-0.15, -0.1) is 0 Å². The quantitative estimate of drug-likeness (QED) is 0.512. The van der Waals surface area contributed by atoms with Gasteiger partial charge in [0.25, 0.3) is 0 Å².